The van der Waals surface area contributed by atoms with Crippen molar-refractivity contribution in [2.45, 2.75) is 45.2 Å². The molecule has 5 heteroatoms. The number of aryl methyl sites for hydroxylation is 1. The van der Waals surface area contributed by atoms with E-state index in [0.29, 0.717) is 12.1 Å². The largest absolute Gasteiger partial charge is 0.336 e. The van der Waals surface area contributed by atoms with Crippen LogP contribution in [-0.2, 0) is 6.54 Å². The summed E-state index contributed by atoms with van der Waals surface area (Å²) in [7, 11) is 4.11. The van der Waals surface area contributed by atoms with Gasteiger partial charge in [-0.3, -0.25) is 9.59 Å². The van der Waals surface area contributed by atoms with Crippen molar-refractivity contribution in [1.82, 2.24) is 14.4 Å². The predicted octanol–water partition coefficient (Wildman–Crippen LogP) is 1.81. The van der Waals surface area contributed by atoms with Crippen molar-refractivity contribution in [3.05, 3.63) is 34.2 Å². The zero-order chi connectivity index (χ0) is 16.1. The molecule has 0 radical (unpaired) electrons. The lowest BCUT2D eigenvalue weighted by molar-refractivity contribution is 0.0591. The highest BCUT2D eigenvalue weighted by Crippen LogP contribution is 2.21. The quantitative estimate of drug-likeness (QED) is 0.833. The topological polar surface area (TPSA) is 45.6 Å². The summed E-state index contributed by atoms with van der Waals surface area (Å²) in [6, 6.07) is 3.53. The molecule has 1 fully saturated rings. The maximum absolute atomic E-state index is 12.8. The van der Waals surface area contributed by atoms with Crippen LogP contribution < -0.4 is 5.56 Å². The number of aromatic nitrogens is 1. The van der Waals surface area contributed by atoms with E-state index >= 15 is 0 Å². The lowest BCUT2D eigenvalue weighted by Crippen LogP contribution is -2.45. The van der Waals surface area contributed by atoms with Gasteiger partial charge in [0.25, 0.3) is 11.5 Å². The van der Waals surface area contributed by atoms with Gasteiger partial charge < -0.3 is 14.4 Å². The smallest absolute Gasteiger partial charge is 0.254 e. The van der Waals surface area contributed by atoms with Gasteiger partial charge in [-0.15, -0.1) is 0 Å². The van der Waals surface area contributed by atoms with Crippen molar-refractivity contribution in [1.29, 1.82) is 0 Å². The first-order valence-electron chi connectivity index (χ1n) is 8.19. The number of amides is 1. The minimum absolute atomic E-state index is 0.00353. The van der Waals surface area contributed by atoms with E-state index in [0.717, 1.165) is 32.4 Å². The van der Waals surface area contributed by atoms with Crippen molar-refractivity contribution in [2.75, 3.05) is 27.2 Å². The molecule has 22 heavy (non-hydrogen) atoms. The summed E-state index contributed by atoms with van der Waals surface area (Å²) in [4.78, 5) is 28.8. The van der Waals surface area contributed by atoms with Crippen LogP contribution in [0.3, 0.4) is 0 Å². The lowest BCUT2D eigenvalue weighted by atomic mass is 9.98. The van der Waals surface area contributed by atoms with E-state index < -0.39 is 0 Å². The fraction of sp³-hybridized carbons (Fsp3) is 0.647. The van der Waals surface area contributed by atoms with E-state index in [1.807, 2.05) is 11.8 Å². The monoisotopic (exact) mass is 305 g/mol. The van der Waals surface area contributed by atoms with Gasteiger partial charge in [-0.2, -0.15) is 0 Å². The molecule has 0 N–H and O–H groups in total. The van der Waals surface area contributed by atoms with E-state index in [2.05, 4.69) is 19.0 Å². The van der Waals surface area contributed by atoms with Crippen molar-refractivity contribution < 1.29 is 4.79 Å². The molecule has 1 aromatic heterocycles. The molecular formula is C17H27N3O2. The summed E-state index contributed by atoms with van der Waals surface area (Å²) in [5, 5.41) is 0. The predicted molar refractivity (Wildman–Crippen MR) is 88.2 cm³/mol. The summed E-state index contributed by atoms with van der Waals surface area (Å²) >= 11 is 0. The normalized spacial score (nSPS) is 18.7. The molecule has 0 bridgehead atoms. The minimum Gasteiger partial charge on any atom is -0.336 e. The summed E-state index contributed by atoms with van der Waals surface area (Å²) in [5.74, 6) is 0.00353. The number of hydrogen-bond acceptors (Lipinski definition) is 3. The molecule has 0 aliphatic carbocycles. The number of piperidine rings is 1. The highest BCUT2D eigenvalue weighted by atomic mass is 16.2. The van der Waals surface area contributed by atoms with E-state index in [-0.39, 0.29) is 17.5 Å². The first kappa shape index (κ1) is 16.7. The molecular weight excluding hydrogens is 278 g/mol. The molecule has 1 aliphatic heterocycles. The molecule has 1 atom stereocenters. The van der Waals surface area contributed by atoms with Crippen molar-refractivity contribution in [2.24, 2.45) is 0 Å². The second-order valence-corrected chi connectivity index (χ2v) is 6.28. The van der Waals surface area contributed by atoms with Crippen LogP contribution >= 0.6 is 0 Å². The molecule has 0 saturated carbocycles. The van der Waals surface area contributed by atoms with Crippen LogP contribution in [0.25, 0.3) is 0 Å². The third-order valence-corrected chi connectivity index (χ3v) is 4.38. The maximum Gasteiger partial charge on any atom is 0.254 e. The van der Waals surface area contributed by atoms with Gasteiger partial charge in [0.15, 0.2) is 0 Å². The molecule has 1 saturated heterocycles. The molecule has 2 rings (SSSR count). The standard InChI is InChI=1S/C17H27N3O2/c1-4-19-12-8-14(13-16(19)21)17(22)20-10-6-5-7-15(20)9-11-18(2)3/h8,12-13,15H,4-7,9-11H2,1-3H3. The van der Waals surface area contributed by atoms with Crippen LogP contribution in [-0.4, -0.2) is 53.5 Å². The number of hydrogen-bond donors (Lipinski definition) is 0. The van der Waals surface area contributed by atoms with E-state index in [1.54, 1.807) is 16.8 Å². The fourth-order valence-corrected chi connectivity index (χ4v) is 3.04. The Hall–Kier alpha value is -1.62. The number of pyridine rings is 1. The van der Waals surface area contributed by atoms with Gasteiger partial charge >= 0.3 is 0 Å². The summed E-state index contributed by atoms with van der Waals surface area (Å²) in [6.45, 7) is 4.33. The van der Waals surface area contributed by atoms with Gasteiger partial charge in [-0.05, 0) is 59.3 Å². The molecule has 0 spiro atoms. The molecule has 1 amide bonds. The minimum atomic E-state index is -0.102. The number of carbonyl (C=O) groups excluding carboxylic acids is 1. The zero-order valence-electron chi connectivity index (χ0n) is 13.9. The average Bonchev–Trinajstić information content (AvgIpc) is 2.52. The van der Waals surface area contributed by atoms with Crippen LogP contribution in [0.4, 0.5) is 0 Å². The third-order valence-electron chi connectivity index (χ3n) is 4.38. The van der Waals surface area contributed by atoms with Crippen LogP contribution in [0.1, 0.15) is 43.0 Å². The van der Waals surface area contributed by atoms with Crippen LogP contribution in [0.5, 0.6) is 0 Å². The second-order valence-electron chi connectivity index (χ2n) is 6.28. The van der Waals surface area contributed by atoms with Gasteiger partial charge in [-0.1, -0.05) is 0 Å². The highest BCUT2D eigenvalue weighted by Gasteiger charge is 2.27. The maximum atomic E-state index is 12.8. The zero-order valence-corrected chi connectivity index (χ0v) is 13.9. The molecule has 0 aromatic carbocycles. The number of carbonyl (C=O) groups is 1. The molecule has 1 unspecified atom stereocenters. The Balaban J connectivity index is 2.14. The van der Waals surface area contributed by atoms with Crippen LogP contribution in [0.2, 0.25) is 0 Å². The van der Waals surface area contributed by atoms with E-state index in [1.165, 1.54) is 12.5 Å². The Labute approximate surface area is 132 Å². The van der Waals surface area contributed by atoms with Gasteiger partial charge in [0, 0.05) is 37.0 Å². The van der Waals surface area contributed by atoms with Crippen molar-refractivity contribution in [3.8, 4) is 0 Å². The van der Waals surface area contributed by atoms with E-state index in [4.69, 9.17) is 0 Å². The molecule has 5 nitrogen and oxygen atoms in total. The van der Waals surface area contributed by atoms with Crippen LogP contribution in [0, 0.1) is 0 Å². The summed E-state index contributed by atoms with van der Waals surface area (Å²) in [6.07, 6.45) is 6.00. The number of rotatable bonds is 5. The Morgan fingerprint density at radius 2 is 2.14 bits per heavy atom. The van der Waals surface area contributed by atoms with Crippen molar-refractivity contribution in [3.63, 3.8) is 0 Å². The molecule has 122 valence electrons. The highest BCUT2D eigenvalue weighted by molar-refractivity contribution is 5.94. The van der Waals surface area contributed by atoms with E-state index in [9.17, 15) is 9.59 Å². The van der Waals surface area contributed by atoms with Gasteiger partial charge in [-0.25, -0.2) is 0 Å². The Morgan fingerprint density at radius 1 is 1.36 bits per heavy atom. The molecule has 1 aliphatic rings. The second kappa shape index (κ2) is 7.58. The van der Waals surface area contributed by atoms with Crippen molar-refractivity contribution >= 4 is 5.91 Å². The Morgan fingerprint density at radius 3 is 2.77 bits per heavy atom. The third kappa shape index (κ3) is 3.97. The first-order chi connectivity index (χ1) is 10.5. The summed E-state index contributed by atoms with van der Waals surface area (Å²) < 4.78 is 1.61. The fourth-order valence-electron chi connectivity index (χ4n) is 3.04. The SMILES string of the molecule is CCn1ccc(C(=O)N2CCCCC2CCN(C)C)cc1=O. The number of nitrogens with zero attached hydrogens (tertiary/aromatic N) is 3. The lowest BCUT2D eigenvalue weighted by Gasteiger charge is -2.36. The van der Waals surface area contributed by atoms with Gasteiger partial charge in [0.1, 0.15) is 0 Å². The number of likely N-dealkylation sites (tertiary alicyclic amines) is 1. The summed E-state index contributed by atoms with van der Waals surface area (Å²) in [5.41, 5.74) is 0.418. The van der Waals surface area contributed by atoms with Gasteiger partial charge in [0.05, 0.1) is 0 Å². The molecule has 1 aromatic rings. The van der Waals surface area contributed by atoms with Gasteiger partial charge in [0.2, 0.25) is 0 Å². The average molecular weight is 305 g/mol. The first-order valence-corrected chi connectivity index (χ1v) is 8.19. The molecule has 2 heterocycles. The van der Waals surface area contributed by atoms with Crippen LogP contribution in [0.15, 0.2) is 23.1 Å². The Kier molecular flexibility index (Phi) is 5.77. The Bertz CT molecular complexity index is 565.